The van der Waals surface area contributed by atoms with Gasteiger partial charge in [-0.1, -0.05) is 19.3 Å². The van der Waals surface area contributed by atoms with Crippen LogP contribution in [0.25, 0.3) is 0 Å². The number of nitro groups is 1. The molecule has 2 rings (SSSR count). The molecule has 1 aliphatic rings. The van der Waals surface area contributed by atoms with Gasteiger partial charge >= 0.3 is 6.18 Å². The van der Waals surface area contributed by atoms with Gasteiger partial charge in [0.15, 0.2) is 6.61 Å². The molecule has 1 fully saturated rings. The Hall–Kier alpha value is -2.07. The highest BCUT2D eigenvalue weighted by atomic mass is 35.5. The van der Waals surface area contributed by atoms with Crippen molar-refractivity contribution in [1.82, 2.24) is 5.32 Å². The van der Waals surface area contributed by atoms with Crippen LogP contribution < -0.4 is 15.8 Å². The number of nitrogens with zero attached hydrogens (tertiary/aromatic N) is 1. The van der Waals surface area contributed by atoms with Crippen molar-refractivity contribution in [3.8, 4) is 5.75 Å². The average Bonchev–Trinajstić information content (AvgIpc) is 2.64. The Morgan fingerprint density at radius 2 is 1.96 bits per heavy atom. The summed E-state index contributed by atoms with van der Waals surface area (Å²) >= 11 is 0. The van der Waals surface area contributed by atoms with E-state index >= 15 is 0 Å². The van der Waals surface area contributed by atoms with E-state index in [1.807, 2.05) is 0 Å². The van der Waals surface area contributed by atoms with E-state index in [0.29, 0.717) is 0 Å². The van der Waals surface area contributed by atoms with E-state index in [0.717, 1.165) is 50.3 Å². The third-order valence-electron chi connectivity index (χ3n) is 4.60. The van der Waals surface area contributed by atoms with Gasteiger partial charge in [0.1, 0.15) is 11.3 Å². The molecule has 158 valence electrons. The molecule has 1 aromatic rings. The number of hydrogen-bond acceptors (Lipinski definition) is 5. The Morgan fingerprint density at radius 1 is 1.32 bits per heavy atom. The van der Waals surface area contributed by atoms with Crippen molar-refractivity contribution in [3.63, 3.8) is 0 Å². The normalized spacial score (nSPS) is 16.0. The Balaban J connectivity index is 0.00000392. The van der Waals surface area contributed by atoms with Gasteiger partial charge in [0.05, 0.1) is 4.92 Å². The lowest BCUT2D eigenvalue weighted by molar-refractivity contribution is -0.385. The molecule has 1 unspecified atom stereocenters. The van der Waals surface area contributed by atoms with Gasteiger partial charge in [0.2, 0.25) is 0 Å². The summed E-state index contributed by atoms with van der Waals surface area (Å²) in [6, 6.07) is 2.59. The number of nitro benzene ring substituents is 1. The van der Waals surface area contributed by atoms with Crippen LogP contribution in [0.2, 0.25) is 0 Å². The van der Waals surface area contributed by atoms with Crippen LogP contribution in [0.15, 0.2) is 18.2 Å². The van der Waals surface area contributed by atoms with Crippen molar-refractivity contribution in [1.29, 1.82) is 0 Å². The fourth-order valence-corrected chi connectivity index (χ4v) is 3.26. The maximum atomic E-state index is 12.6. The van der Waals surface area contributed by atoms with Gasteiger partial charge in [0.25, 0.3) is 11.6 Å². The van der Waals surface area contributed by atoms with Gasteiger partial charge in [-0.15, -0.1) is 12.4 Å². The van der Waals surface area contributed by atoms with Crippen molar-refractivity contribution < 1.29 is 27.6 Å². The third-order valence-corrected chi connectivity index (χ3v) is 4.60. The molecule has 0 heterocycles. The van der Waals surface area contributed by atoms with Crippen molar-refractivity contribution in [2.24, 2.45) is 11.7 Å². The number of benzene rings is 1. The first-order valence-corrected chi connectivity index (χ1v) is 8.70. The third kappa shape index (κ3) is 6.83. The number of carbonyl (C=O) groups is 1. The predicted molar refractivity (Wildman–Crippen MR) is 98.8 cm³/mol. The monoisotopic (exact) mass is 425 g/mol. The van der Waals surface area contributed by atoms with Crippen LogP contribution in [0.1, 0.15) is 42.5 Å². The van der Waals surface area contributed by atoms with Crippen LogP contribution in [-0.2, 0) is 0 Å². The number of alkyl halides is 3. The molecular formula is C17H23ClF3N3O4. The van der Waals surface area contributed by atoms with Crippen molar-refractivity contribution in [3.05, 3.63) is 33.9 Å². The van der Waals surface area contributed by atoms with Gasteiger partial charge < -0.3 is 15.8 Å². The number of nitrogens with one attached hydrogen (secondary N) is 1. The molecule has 1 amide bonds. The zero-order valence-electron chi connectivity index (χ0n) is 15.0. The maximum Gasteiger partial charge on any atom is 0.422 e. The van der Waals surface area contributed by atoms with E-state index < -0.39 is 29.3 Å². The van der Waals surface area contributed by atoms with Crippen molar-refractivity contribution >= 4 is 24.0 Å². The molecule has 1 saturated carbocycles. The van der Waals surface area contributed by atoms with Crippen LogP contribution in [0.4, 0.5) is 18.9 Å². The van der Waals surface area contributed by atoms with Gasteiger partial charge in [-0.3, -0.25) is 14.9 Å². The molecule has 1 aliphatic carbocycles. The lowest BCUT2D eigenvalue weighted by Gasteiger charge is -2.30. The van der Waals surface area contributed by atoms with Gasteiger partial charge in [-0.05, 0) is 30.9 Å². The second kappa shape index (κ2) is 10.5. The molecule has 0 radical (unpaired) electrons. The Bertz CT molecular complexity index is 682. The molecule has 1 aromatic carbocycles. The summed E-state index contributed by atoms with van der Waals surface area (Å²) in [5.74, 6) is -0.846. The zero-order valence-corrected chi connectivity index (χ0v) is 15.9. The number of rotatable bonds is 7. The number of hydrogen-bond donors (Lipinski definition) is 2. The van der Waals surface area contributed by atoms with E-state index in [-0.39, 0.29) is 42.2 Å². The van der Waals surface area contributed by atoms with Crippen molar-refractivity contribution in [2.75, 3.05) is 13.2 Å². The summed E-state index contributed by atoms with van der Waals surface area (Å²) < 4.78 is 41.5. The number of amides is 1. The molecule has 3 N–H and O–H groups in total. The molecule has 0 aliphatic heterocycles. The molecule has 0 bridgehead atoms. The molecular weight excluding hydrogens is 403 g/mol. The van der Waals surface area contributed by atoms with E-state index in [1.165, 1.54) is 0 Å². The second-order valence-corrected chi connectivity index (χ2v) is 6.55. The quantitative estimate of drug-likeness (QED) is 0.512. The fourth-order valence-electron chi connectivity index (χ4n) is 3.26. The molecule has 0 spiro atoms. The van der Waals surface area contributed by atoms with E-state index in [9.17, 15) is 28.1 Å². The minimum absolute atomic E-state index is 0. The number of ether oxygens (including phenoxy) is 1. The second-order valence-electron chi connectivity index (χ2n) is 6.55. The summed E-state index contributed by atoms with van der Waals surface area (Å²) in [5.41, 5.74) is 4.89. The molecule has 0 saturated heterocycles. The van der Waals surface area contributed by atoms with Crippen molar-refractivity contribution in [2.45, 2.75) is 44.3 Å². The summed E-state index contributed by atoms with van der Waals surface area (Å²) in [7, 11) is 0. The minimum Gasteiger partial charge on any atom is -0.484 e. The Morgan fingerprint density at radius 3 is 2.50 bits per heavy atom. The standard InChI is InChI=1S/C17H22F3N3O4.ClH/c18-17(19,20)10-27-12-6-7-15(23(25)26)13(8-12)16(24)22-14(9-21)11-4-2-1-3-5-11;/h6-8,11,14H,1-5,9-10,21H2,(H,22,24);1H. The molecule has 11 heteroatoms. The summed E-state index contributed by atoms with van der Waals surface area (Å²) in [4.78, 5) is 23.0. The summed E-state index contributed by atoms with van der Waals surface area (Å²) in [6.07, 6.45) is 0.412. The van der Waals surface area contributed by atoms with E-state index in [4.69, 9.17) is 5.73 Å². The summed E-state index contributed by atoms with van der Waals surface area (Å²) in [6.45, 7) is -1.38. The highest BCUT2D eigenvalue weighted by Crippen LogP contribution is 2.28. The Labute approximate surface area is 166 Å². The van der Waals surface area contributed by atoms with Gasteiger partial charge in [0, 0.05) is 18.7 Å². The van der Waals surface area contributed by atoms with Crippen LogP contribution in [0, 0.1) is 16.0 Å². The fraction of sp³-hybridized carbons (Fsp3) is 0.588. The molecule has 28 heavy (non-hydrogen) atoms. The lowest BCUT2D eigenvalue weighted by Crippen LogP contribution is -2.46. The minimum atomic E-state index is -4.56. The lowest BCUT2D eigenvalue weighted by atomic mass is 9.84. The average molecular weight is 426 g/mol. The van der Waals surface area contributed by atoms with Crippen LogP contribution in [0.3, 0.4) is 0 Å². The van der Waals surface area contributed by atoms with Gasteiger partial charge in [-0.2, -0.15) is 13.2 Å². The summed E-state index contributed by atoms with van der Waals surface area (Å²) in [5, 5.41) is 13.9. The first-order valence-electron chi connectivity index (χ1n) is 8.70. The number of carbonyl (C=O) groups excluding carboxylic acids is 1. The molecule has 1 atom stereocenters. The number of halogens is 4. The largest absolute Gasteiger partial charge is 0.484 e. The van der Waals surface area contributed by atoms with Crippen LogP contribution >= 0.6 is 12.4 Å². The highest BCUT2D eigenvalue weighted by molar-refractivity contribution is 5.98. The topological polar surface area (TPSA) is 107 Å². The maximum absolute atomic E-state index is 12.6. The first-order chi connectivity index (χ1) is 12.7. The number of nitrogens with two attached hydrogens (primary N) is 1. The predicted octanol–water partition coefficient (Wildman–Crippen LogP) is 3.60. The SMILES string of the molecule is Cl.NCC(NC(=O)c1cc(OCC(F)(F)F)ccc1[N+](=O)[O-])C1CCCCC1. The smallest absolute Gasteiger partial charge is 0.422 e. The molecule has 7 nitrogen and oxygen atoms in total. The first kappa shape index (κ1) is 24.0. The van der Waals surface area contributed by atoms with Crippen LogP contribution in [0.5, 0.6) is 5.75 Å². The van der Waals surface area contributed by atoms with E-state index in [2.05, 4.69) is 10.1 Å². The van der Waals surface area contributed by atoms with Crippen LogP contribution in [-0.4, -0.2) is 36.2 Å². The zero-order chi connectivity index (χ0) is 20.0. The molecule has 0 aromatic heterocycles. The Kier molecular flexibility index (Phi) is 8.96. The van der Waals surface area contributed by atoms with E-state index in [1.54, 1.807) is 0 Å². The highest BCUT2D eigenvalue weighted by Gasteiger charge is 2.30. The van der Waals surface area contributed by atoms with Gasteiger partial charge in [-0.25, -0.2) is 0 Å².